The molecular formula is C14H16N2O. The molecule has 0 atom stereocenters. The van der Waals surface area contributed by atoms with E-state index in [4.69, 9.17) is 4.74 Å². The van der Waals surface area contributed by atoms with Gasteiger partial charge in [-0.1, -0.05) is 19.1 Å². The number of nitrogens with zero attached hydrogens (tertiary/aromatic N) is 2. The Morgan fingerprint density at radius 2 is 2.24 bits per heavy atom. The van der Waals surface area contributed by atoms with Crippen LogP contribution in [0.15, 0.2) is 30.3 Å². The van der Waals surface area contributed by atoms with E-state index in [-0.39, 0.29) is 0 Å². The Morgan fingerprint density at radius 3 is 3.12 bits per heavy atom. The Morgan fingerprint density at radius 1 is 1.35 bits per heavy atom. The fourth-order valence-electron chi connectivity index (χ4n) is 2.23. The first-order valence-electron chi connectivity index (χ1n) is 6.17. The Hall–Kier alpha value is -1.77. The molecule has 88 valence electrons. The Labute approximate surface area is 101 Å². The van der Waals surface area contributed by atoms with E-state index in [1.165, 1.54) is 5.69 Å². The molecule has 0 saturated heterocycles. The lowest BCUT2D eigenvalue weighted by molar-refractivity contribution is 0.295. The molecule has 1 aromatic carbocycles. The third-order valence-electron chi connectivity index (χ3n) is 3.13. The van der Waals surface area contributed by atoms with Crippen molar-refractivity contribution in [2.24, 2.45) is 0 Å². The van der Waals surface area contributed by atoms with E-state index in [9.17, 15) is 0 Å². The van der Waals surface area contributed by atoms with Crippen molar-refractivity contribution < 1.29 is 4.74 Å². The van der Waals surface area contributed by atoms with Crippen molar-refractivity contribution in [3.05, 3.63) is 36.0 Å². The van der Waals surface area contributed by atoms with Crippen molar-refractivity contribution in [1.29, 1.82) is 0 Å². The molecule has 3 nitrogen and oxygen atoms in total. The number of para-hydroxylation sites is 1. The molecule has 0 radical (unpaired) electrons. The lowest BCUT2D eigenvalue weighted by Gasteiger charge is -2.16. The Kier molecular flexibility index (Phi) is 2.59. The fraction of sp³-hybridized carbons (Fsp3) is 0.357. The molecule has 0 aliphatic carbocycles. The van der Waals surface area contributed by atoms with Crippen LogP contribution in [0.3, 0.4) is 0 Å². The summed E-state index contributed by atoms with van der Waals surface area (Å²) in [7, 11) is 0. The monoisotopic (exact) mass is 228 g/mol. The van der Waals surface area contributed by atoms with Crippen LogP contribution in [-0.4, -0.2) is 16.4 Å². The summed E-state index contributed by atoms with van der Waals surface area (Å²) in [6, 6.07) is 10.4. The zero-order valence-electron chi connectivity index (χ0n) is 10.0. The van der Waals surface area contributed by atoms with Crippen LogP contribution in [0, 0.1) is 0 Å². The topological polar surface area (TPSA) is 27.1 Å². The predicted octanol–water partition coefficient (Wildman–Crippen LogP) is 2.90. The average molecular weight is 228 g/mol. The average Bonchev–Trinajstić information content (AvgIpc) is 2.75. The molecule has 17 heavy (non-hydrogen) atoms. The van der Waals surface area contributed by atoms with Crippen LogP contribution < -0.4 is 4.74 Å². The van der Waals surface area contributed by atoms with Gasteiger partial charge in [-0.15, -0.1) is 0 Å². The predicted molar refractivity (Wildman–Crippen MR) is 67.2 cm³/mol. The molecule has 0 fully saturated rings. The van der Waals surface area contributed by atoms with Crippen molar-refractivity contribution in [2.75, 3.05) is 6.61 Å². The van der Waals surface area contributed by atoms with Crippen molar-refractivity contribution in [3.8, 4) is 17.0 Å². The molecule has 1 aliphatic rings. The summed E-state index contributed by atoms with van der Waals surface area (Å²) < 4.78 is 7.90. The van der Waals surface area contributed by atoms with Gasteiger partial charge in [0.2, 0.25) is 0 Å². The van der Waals surface area contributed by atoms with Gasteiger partial charge < -0.3 is 4.74 Å². The number of benzene rings is 1. The number of hydrogen-bond donors (Lipinski definition) is 0. The molecule has 0 amide bonds. The summed E-state index contributed by atoms with van der Waals surface area (Å²) in [4.78, 5) is 0. The van der Waals surface area contributed by atoms with Crippen LogP contribution in [0.5, 0.6) is 5.75 Å². The van der Waals surface area contributed by atoms with Crippen LogP contribution in [0.25, 0.3) is 11.3 Å². The molecule has 1 aromatic heterocycles. The van der Waals surface area contributed by atoms with E-state index in [0.29, 0.717) is 0 Å². The zero-order chi connectivity index (χ0) is 11.7. The molecule has 2 heterocycles. The summed E-state index contributed by atoms with van der Waals surface area (Å²) in [5.74, 6) is 0.969. The number of aryl methyl sites for hydroxylation is 2. The SMILES string of the molecule is CCc1cc2n(n1)CCCOc1ccccc1-2. The van der Waals surface area contributed by atoms with Gasteiger partial charge in [0.05, 0.1) is 18.0 Å². The molecule has 2 aromatic rings. The summed E-state index contributed by atoms with van der Waals surface area (Å²) in [6.07, 6.45) is 1.98. The number of aromatic nitrogens is 2. The lowest BCUT2D eigenvalue weighted by atomic mass is 10.1. The summed E-state index contributed by atoms with van der Waals surface area (Å²) in [5, 5.41) is 4.63. The van der Waals surface area contributed by atoms with E-state index in [2.05, 4.69) is 28.8 Å². The van der Waals surface area contributed by atoms with Crippen molar-refractivity contribution in [3.63, 3.8) is 0 Å². The minimum Gasteiger partial charge on any atom is -0.493 e. The molecule has 0 spiro atoms. The first-order chi connectivity index (χ1) is 8.38. The highest BCUT2D eigenvalue weighted by atomic mass is 16.5. The van der Waals surface area contributed by atoms with Gasteiger partial charge in [0.1, 0.15) is 5.75 Å². The molecular weight excluding hydrogens is 212 g/mol. The van der Waals surface area contributed by atoms with Crippen molar-refractivity contribution >= 4 is 0 Å². The molecule has 3 rings (SSSR count). The number of rotatable bonds is 1. The van der Waals surface area contributed by atoms with Crippen molar-refractivity contribution in [1.82, 2.24) is 9.78 Å². The Balaban J connectivity index is 2.17. The quantitative estimate of drug-likeness (QED) is 0.750. The van der Waals surface area contributed by atoms with E-state index >= 15 is 0 Å². The first-order valence-corrected chi connectivity index (χ1v) is 6.17. The number of ether oxygens (including phenoxy) is 1. The fourth-order valence-corrected chi connectivity index (χ4v) is 2.23. The standard InChI is InChI=1S/C14H16N2O/c1-2-11-10-13-12-6-3-4-7-14(12)17-9-5-8-16(13)15-11/h3-4,6-7,10H,2,5,8-9H2,1H3. The molecule has 3 heteroatoms. The van der Waals surface area contributed by atoms with Crippen LogP contribution in [0.2, 0.25) is 0 Å². The van der Waals surface area contributed by atoms with Crippen LogP contribution in [0.1, 0.15) is 19.0 Å². The highest BCUT2D eigenvalue weighted by molar-refractivity contribution is 5.68. The zero-order valence-corrected chi connectivity index (χ0v) is 10.0. The van der Waals surface area contributed by atoms with Gasteiger partial charge in [-0.2, -0.15) is 5.10 Å². The van der Waals surface area contributed by atoms with E-state index in [1.54, 1.807) is 0 Å². The number of fused-ring (bicyclic) bond motifs is 3. The van der Waals surface area contributed by atoms with Crippen LogP contribution >= 0.6 is 0 Å². The second kappa shape index (κ2) is 4.24. The highest BCUT2D eigenvalue weighted by Gasteiger charge is 2.15. The van der Waals surface area contributed by atoms with Crippen LogP contribution in [-0.2, 0) is 13.0 Å². The normalized spacial score (nSPS) is 14.2. The maximum absolute atomic E-state index is 5.79. The maximum Gasteiger partial charge on any atom is 0.128 e. The molecule has 0 unspecified atom stereocenters. The van der Waals surface area contributed by atoms with Gasteiger partial charge in [-0.3, -0.25) is 4.68 Å². The Bertz CT molecular complexity index is 531. The first kappa shape index (κ1) is 10.4. The van der Waals surface area contributed by atoms with Gasteiger partial charge in [0.15, 0.2) is 0 Å². The summed E-state index contributed by atoms with van der Waals surface area (Å²) in [5.41, 5.74) is 3.48. The molecule has 0 bridgehead atoms. The van der Waals surface area contributed by atoms with Gasteiger partial charge in [0, 0.05) is 18.5 Å². The van der Waals surface area contributed by atoms with Gasteiger partial charge in [0.25, 0.3) is 0 Å². The molecule has 0 saturated carbocycles. The second-order valence-electron chi connectivity index (χ2n) is 4.30. The third kappa shape index (κ3) is 1.82. The molecule has 0 N–H and O–H groups in total. The van der Waals surface area contributed by atoms with Crippen LogP contribution in [0.4, 0.5) is 0 Å². The van der Waals surface area contributed by atoms with E-state index in [1.807, 2.05) is 18.2 Å². The lowest BCUT2D eigenvalue weighted by Crippen LogP contribution is -2.11. The summed E-state index contributed by atoms with van der Waals surface area (Å²) in [6.45, 7) is 3.83. The number of hydrogen-bond acceptors (Lipinski definition) is 2. The third-order valence-corrected chi connectivity index (χ3v) is 3.13. The minimum absolute atomic E-state index is 0.762. The highest BCUT2D eigenvalue weighted by Crippen LogP contribution is 2.32. The largest absolute Gasteiger partial charge is 0.493 e. The maximum atomic E-state index is 5.79. The van der Waals surface area contributed by atoms with Gasteiger partial charge in [-0.25, -0.2) is 0 Å². The van der Waals surface area contributed by atoms with Gasteiger partial charge >= 0.3 is 0 Å². The van der Waals surface area contributed by atoms with Crippen molar-refractivity contribution in [2.45, 2.75) is 26.3 Å². The summed E-state index contributed by atoms with van der Waals surface area (Å²) >= 11 is 0. The van der Waals surface area contributed by atoms with Gasteiger partial charge in [-0.05, 0) is 24.6 Å². The van der Waals surface area contributed by atoms with E-state index < -0.39 is 0 Å². The van der Waals surface area contributed by atoms with E-state index in [0.717, 1.165) is 43.0 Å². The minimum atomic E-state index is 0.762. The second-order valence-corrected chi connectivity index (χ2v) is 4.30. The smallest absolute Gasteiger partial charge is 0.128 e. The molecule has 1 aliphatic heterocycles.